The summed E-state index contributed by atoms with van der Waals surface area (Å²) in [5, 5.41) is 4.02. The topological polar surface area (TPSA) is 38.4 Å². The van der Waals surface area contributed by atoms with E-state index in [9.17, 15) is 0 Å². The molecule has 3 heteroatoms. The molecule has 27 heavy (non-hydrogen) atoms. The summed E-state index contributed by atoms with van der Waals surface area (Å²) in [5.74, 6) is 0.574. The van der Waals surface area contributed by atoms with Gasteiger partial charge in [0.15, 0.2) is 8.07 Å². The molecule has 0 bridgehead atoms. The fraction of sp³-hybridized carbons (Fsp3) is 0.125. The molecule has 0 aromatic heterocycles. The van der Waals surface area contributed by atoms with Crippen LogP contribution in [-0.2, 0) is 0 Å². The lowest BCUT2D eigenvalue weighted by molar-refractivity contribution is 0.991. The molecule has 0 aliphatic heterocycles. The predicted octanol–water partition coefficient (Wildman–Crippen LogP) is 3.02. The van der Waals surface area contributed by atoms with E-state index in [0.717, 1.165) is 0 Å². The molecule has 0 saturated carbocycles. The highest BCUT2D eigenvalue weighted by Gasteiger charge is 2.44. The van der Waals surface area contributed by atoms with Crippen LogP contribution in [0.2, 0.25) is 0 Å². The Balaban J connectivity index is 2.34. The summed E-state index contributed by atoms with van der Waals surface area (Å²) in [7, 11) is -2.42. The van der Waals surface area contributed by atoms with E-state index in [2.05, 4.69) is 97.9 Å². The Morgan fingerprint density at radius 1 is 0.778 bits per heavy atom. The second-order valence-corrected chi connectivity index (χ2v) is 10.8. The summed E-state index contributed by atoms with van der Waals surface area (Å²) < 4.78 is 0. The minimum Gasteiger partial charge on any atom is -0.384 e. The lowest BCUT2D eigenvalue weighted by Gasteiger charge is -2.37. The Labute approximate surface area is 163 Å². The average Bonchev–Trinajstić information content (AvgIpc) is 2.71. The highest BCUT2D eigenvalue weighted by atomic mass is 28.3. The van der Waals surface area contributed by atoms with Gasteiger partial charge < -0.3 is 5.73 Å². The third-order valence-corrected chi connectivity index (χ3v) is 10.1. The number of allylic oxidation sites excluding steroid dienone is 1. The third kappa shape index (κ3) is 3.78. The van der Waals surface area contributed by atoms with Crippen molar-refractivity contribution in [2.75, 3.05) is 0 Å². The van der Waals surface area contributed by atoms with Crippen molar-refractivity contribution in [3.8, 4) is 0 Å². The van der Waals surface area contributed by atoms with E-state index in [0.29, 0.717) is 5.84 Å². The smallest absolute Gasteiger partial charge is 0.173 e. The molecule has 0 aliphatic rings. The normalized spacial score (nSPS) is 13.6. The first kappa shape index (κ1) is 18.9. The van der Waals surface area contributed by atoms with Crippen LogP contribution in [0, 0.1) is 0 Å². The molecule has 0 spiro atoms. The maximum atomic E-state index is 6.20. The zero-order valence-corrected chi connectivity index (χ0v) is 16.9. The molecular weight excluding hydrogens is 344 g/mol. The predicted molar refractivity (Wildman–Crippen MR) is 120 cm³/mol. The van der Waals surface area contributed by atoms with Crippen LogP contribution in [0.3, 0.4) is 0 Å². The number of rotatable bonds is 6. The Hall–Kier alpha value is -2.91. The van der Waals surface area contributed by atoms with Gasteiger partial charge in [0.05, 0.1) is 5.67 Å². The lowest BCUT2D eigenvalue weighted by atomic mass is 10.3. The van der Waals surface area contributed by atoms with Crippen molar-refractivity contribution >= 4 is 29.5 Å². The van der Waals surface area contributed by atoms with Crippen molar-refractivity contribution in [3.05, 3.63) is 103 Å². The standard InChI is InChI=1S/C24H26N2Si/c1-3-13-24(25)26-20(2)27(21-14-7-4-8-15-21,22-16-9-5-10-17-22)23-18-11-6-12-19-23/h3-20H,1-2H3,(H2,25,26)/b13-3-. The summed E-state index contributed by atoms with van der Waals surface area (Å²) in [5.41, 5.74) is 6.24. The summed E-state index contributed by atoms with van der Waals surface area (Å²) in [4.78, 5) is 4.94. The second kappa shape index (κ2) is 8.65. The zero-order valence-electron chi connectivity index (χ0n) is 15.9. The number of hydrogen-bond donors (Lipinski definition) is 1. The van der Waals surface area contributed by atoms with Crippen molar-refractivity contribution in [1.29, 1.82) is 0 Å². The van der Waals surface area contributed by atoms with E-state index in [1.165, 1.54) is 15.6 Å². The Morgan fingerprint density at radius 2 is 1.15 bits per heavy atom. The van der Waals surface area contributed by atoms with Gasteiger partial charge in [-0.1, -0.05) is 97.1 Å². The minimum atomic E-state index is -2.42. The molecule has 3 aromatic carbocycles. The van der Waals surface area contributed by atoms with Crippen molar-refractivity contribution in [3.63, 3.8) is 0 Å². The summed E-state index contributed by atoms with van der Waals surface area (Å²) in [6, 6.07) is 32.4. The highest BCUT2D eigenvalue weighted by molar-refractivity contribution is 7.12. The molecule has 3 rings (SSSR count). The highest BCUT2D eigenvalue weighted by Crippen LogP contribution is 2.15. The number of nitrogens with zero attached hydrogens (tertiary/aromatic N) is 1. The van der Waals surface area contributed by atoms with E-state index >= 15 is 0 Å². The third-order valence-electron chi connectivity index (χ3n) is 4.99. The molecule has 136 valence electrons. The van der Waals surface area contributed by atoms with Gasteiger partial charge in [0.2, 0.25) is 0 Å². The van der Waals surface area contributed by atoms with Crippen molar-refractivity contribution in [1.82, 2.24) is 0 Å². The first-order valence-electron chi connectivity index (χ1n) is 9.32. The fourth-order valence-electron chi connectivity index (χ4n) is 3.86. The van der Waals surface area contributed by atoms with Gasteiger partial charge >= 0.3 is 0 Å². The van der Waals surface area contributed by atoms with E-state index in [-0.39, 0.29) is 5.67 Å². The quantitative estimate of drug-likeness (QED) is 0.308. The largest absolute Gasteiger partial charge is 0.384 e. The van der Waals surface area contributed by atoms with Crippen LogP contribution in [0.4, 0.5) is 0 Å². The van der Waals surface area contributed by atoms with Crippen LogP contribution < -0.4 is 21.3 Å². The summed E-state index contributed by atoms with van der Waals surface area (Å²) in [6.45, 7) is 4.17. The Bertz CT molecular complexity index is 806. The maximum absolute atomic E-state index is 6.20. The molecule has 0 aliphatic carbocycles. The van der Waals surface area contributed by atoms with Gasteiger partial charge in [0.25, 0.3) is 0 Å². The van der Waals surface area contributed by atoms with Gasteiger partial charge in [-0.3, -0.25) is 4.99 Å². The number of benzene rings is 3. The van der Waals surface area contributed by atoms with E-state index in [1.54, 1.807) is 0 Å². The zero-order chi connectivity index (χ0) is 19.1. The average molecular weight is 371 g/mol. The molecule has 2 N–H and O–H groups in total. The molecule has 0 heterocycles. The van der Waals surface area contributed by atoms with Gasteiger partial charge in [-0.2, -0.15) is 0 Å². The summed E-state index contributed by atoms with van der Waals surface area (Å²) >= 11 is 0. The maximum Gasteiger partial charge on any atom is 0.173 e. The van der Waals surface area contributed by atoms with Gasteiger partial charge in [0, 0.05) is 0 Å². The van der Waals surface area contributed by atoms with Crippen molar-refractivity contribution in [2.45, 2.75) is 19.5 Å². The number of aliphatic imine (C=N–C) groups is 1. The molecule has 0 saturated heterocycles. The lowest BCUT2D eigenvalue weighted by Crippen LogP contribution is -2.73. The molecule has 0 amide bonds. The first-order valence-corrected chi connectivity index (χ1v) is 11.4. The van der Waals surface area contributed by atoms with Crippen LogP contribution >= 0.6 is 0 Å². The van der Waals surface area contributed by atoms with Crippen LogP contribution in [-0.4, -0.2) is 19.6 Å². The first-order chi connectivity index (χ1) is 13.2. The van der Waals surface area contributed by atoms with Crippen LogP contribution in [0.15, 0.2) is 108 Å². The molecule has 3 aromatic rings. The molecule has 2 nitrogen and oxygen atoms in total. The minimum absolute atomic E-state index is 0.0425. The van der Waals surface area contributed by atoms with Crippen molar-refractivity contribution < 1.29 is 0 Å². The Morgan fingerprint density at radius 3 is 1.48 bits per heavy atom. The SMILES string of the molecule is C/C=C\C(N)=NC(C)[Si](c1ccccc1)(c1ccccc1)c1ccccc1. The monoisotopic (exact) mass is 370 g/mol. The van der Waals surface area contributed by atoms with Gasteiger partial charge in [0.1, 0.15) is 5.84 Å². The van der Waals surface area contributed by atoms with Gasteiger partial charge in [-0.25, -0.2) is 0 Å². The molecule has 0 radical (unpaired) electrons. The fourth-order valence-corrected chi connectivity index (χ4v) is 8.81. The summed E-state index contributed by atoms with van der Waals surface area (Å²) in [6.07, 6.45) is 3.80. The van der Waals surface area contributed by atoms with E-state index < -0.39 is 8.07 Å². The molecule has 1 unspecified atom stereocenters. The van der Waals surface area contributed by atoms with Gasteiger partial charge in [-0.05, 0) is 35.5 Å². The Kier molecular flexibility index (Phi) is 6.04. The van der Waals surface area contributed by atoms with Crippen LogP contribution in [0.5, 0.6) is 0 Å². The van der Waals surface area contributed by atoms with Crippen LogP contribution in [0.25, 0.3) is 0 Å². The molecular formula is C24H26N2Si. The van der Waals surface area contributed by atoms with E-state index in [4.69, 9.17) is 10.7 Å². The molecule has 0 fully saturated rings. The number of hydrogen-bond acceptors (Lipinski definition) is 1. The van der Waals surface area contributed by atoms with Crippen LogP contribution in [0.1, 0.15) is 13.8 Å². The number of nitrogens with two attached hydrogens (primary N) is 1. The number of amidine groups is 1. The molecule has 1 atom stereocenters. The van der Waals surface area contributed by atoms with Crippen molar-refractivity contribution in [2.24, 2.45) is 10.7 Å². The van der Waals surface area contributed by atoms with Gasteiger partial charge in [-0.15, -0.1) is 0 Å². The second-order valence-electron chi connectivity index (χ2n) is 6.64. The van der Waals surface area contributed by atoms with E-state index in [1.807, 2.05) is 19.1 Å².